The lowest BCUT2D eigenvalue weighted by molar-refractivity contribution is 0.0393. The Kier molecular flexibility index (Phi) is 14.6. The number of carbonyl (C=O) groups is 2. The maximum atomic E-state index is 14.3. The number of nitrogens with two attached hydrogens (primary N) is 1. The van der Waals surface area contributed by atoms with E-state index in [1.54, 1.807) is 18.2 Å². The highest BCUT2D eigenvalue weighted by molar-refractivity contribution is 7.87. The fourth-order valence-corrected chi connectivity index (χ4v) is 9.28. The van der Waals surface area contributed by atoms with Gasteiger partial charge in [-0.05, 0) is 82.0 Å². The van der Waals surface area contributed by atoms with Crippen LogP contribution in [0.3, 0.4) is 0 Å². The monoisotopic (exact) mass is 845 g/mol. The van der Waals surface area contributed by atoms with Crippen molar-refractivity contribution in [3.05, 3.63) is 118 Å². The van der Waals surface area contributed by atoms with Crippen LogP contribution >= 0.6 is 11.6 Å². The Morgan fingerprint density at radius 3 is 1.90 bits per heavy atom. The van der Waals surface area contributed by atoms with E-state index in [1.807, 2.05) is 48.5 Å². The molecule has 0 saturated carbocycles. The van der Waals surface area contributed by atoms with Crippen molar-refractivity contribution in [2.75, 3.05) is 61.7 Å². The van der Waals surface area contributed by atoms with Crippen molar-refractivity contribution in [2.45, 2.75) is 72.1 Å². The third-order valence-electron chi connectivity index (χ3n) is 11.1. The number of hydrogen-bond acceptors (Lipinski definition) is 9. The molecule has 0 fully saturated rings. The summed E-state index contributed by atoms with van der Waals surface area (Å²) < 4.78 is 46.3. The molecule has 4 aromatic carbocycles. The van der Waals surface area contributed by atoms with E-state index in [-0.39, 0.29) is 17.7 Å². The van der Waals surface area contributed by atoms with Crippen molar-refractivity contribution in [3.63, 3.8) is 0 Å². The number of anilines is 2. The zero-order valence-electron chi connectivity index (χ0n) is 34.5. The summed E-state index contributed by atoms with van der Waals surface area (Å²) in [5.74, 6) is 0.289. The molecular formula is C45H56ClN5O7S. The predicted molar refractivity (Wildman–Crippen MR) is 233 cm³/mol. The highest BCUT2D eigenvalue weighted by Gasteiger charge is 2.60. The van der Waals surface area contributed by atoms with Gasteiger partial charge < -0.3 is 29.3 Å². The van der Waals surface area contributed by atoms with E-state index in [1.165, 1.54) is 12.1 Å². The minimum Gasteiger partial charge on any atom is -0.456 e. The number of nitrogens with zero attached hydrogens (tertiary/aromatic N) is 3. The zero-order valence-corrected chi connectivity index (χ0v) is 36.0. The van der Waals surface area contributed by atoms with Crippen LogP contribution in [0, 0.1) is 0 Å². The summed E-state index contributed by atoms with van der Waals surface area (Å²) in [7, 11) is -4.69. The van der Waals surface area contributed by atoms with Crippen LogP contribution in [0.5, 0.6) is 11.5 Å². The summed E-state index contributed by atoms with van der Waals surface area (Å²) in [6, 6.07) is 23.6. The van der Waals surface area contributed by atoms with E-state index in [4.69, 9.17) is 31.0 Å². The molecular weight excluding hydrogens is 790 g/mol. The van der Waals surface area contributed by atoms with Crippen LogP contribution in [0.2, 0.25) is 0 Å². The van der Waals surface area contributed by atoms with Gasteiger partial charge in [0.25, 0.3) is 11.8 Å². The molecule has 0 atom stereocenters. The second kappa shape index (κ2) is 19.6. The first-order chi connectivity index (χ1) is 28.5. The second-order valence-electron chi connectivity index (χ2n) is 14.7. The summed E-state index contributed by atoms with van der Waals surface area (Å²) in [6.07, 6.45) is 4.30. The highest BCUT2D eigenvalue weighted by Crippen LogP contribution is 2.59. The van der Waals surface area contributed by atoms with E-state index in [2.05, 4.69) is 42.8 Å². The number of unbranched alkanes of at least 4 members (excludes halogenated alkanes) is 3. The lowest BCUT2D eigenvalue weighted by atomic mass is 9.75. The Morgan fingerprint density at radius 2 is 1.32 bits per heavy atom. The third kappa shape index (κ3) is 9.24. The van der Waals surface area contributed by atoms with Gasteiger partial charge in [-0.3, -0.25) is 9.59 Å². The molecule has 0 aromatic heterocycles. The number of nitrogens with one attached hydrogen (secondary N) is 1. The standard InChI is InChI=1S/C45H56ClN5O7S/c1-5-49(6-2)35-18-21-38-41(28-35)58-42-29-36(50(7-3)8-4)19-22-39(42)45(38)40-27-34(17-20-37(40)44(53)51(45)59(47,54)55)43(52)48-30-32-13-15-33(16-14-32)31-57-26-25-56-24-12-10-9-11-23-46/h13-22,27-29H,5-12,23-26,30-31H2,1-4H3,(H,48,52)(H2,47,54,55). The topological polar surface area (TPSA) is 144 Å². The van der Waals surface area contributed by atoms with E-state index < -0.39 is 27.6 Å². The van der Waals surface area contributed by atoms with Gasteiger partial charge in [-0.15, -0.1) is 11.6 Å². The molecule has 0 saturated heterocycles. The van der Waals surface area contributed by atoms with Crippen LogP contribution in [0.15, 0.2) is 78.9 Å². The molecule has 14 heteroatoms. The largest absolute Gasteiger partial charge is 0.456 e. The van der Waals surface area contributed by atoms with Gasteiger partial charge in [0.15, 0.2) is 0 Å². The van der Waals surface area contributed by atoms with Crippen LogP contribution in [0.4, 0.5) is 11.4 Å². The number of fused-ring (bicyclic) bond motifs is 6. The van der Waals surface area contributed by atoms with Gasteiger partial charge in [-0.25, -0.2) is 9.44 Å². The molecule has 4 aromatic rings. The van der Waals surface area contributed by atoms with Gasteiger partial charge in [0.2, 0.25) is 0 Å². The smallest absolute Gasteiger partial charge is 0.302 e. The molecule has 2 aliphatic rings. The predicted octanol–water partition coefficient (Wildman–Crippen LogP) is 7.70. The van der Waals surface area contributed by atoms with Crippen LogP contribution < -0.4 is 25.0 Å². The number of amides is 2. The number of rotatable bonds is 21. The first-order valence-corrected chi connectivity index (χ1v) is 22.6. The molecule has 12 nitrogen and oxygen atoms in total. The van der Waals surface area contributed by atoms with Gasteiger partial charge in [0.1, 0.15) is 17.0 Å². The van der Waals surface area contributed by atoms with E-state index in [0.29, 0.717) is 53.9 Å². The number of carbonyl (C=O) groups excluding carboxylic acids is 2. The van der Waals surface area contributed by atoms with Crippen LogP contribution in [-0.2, 0) is 38.4 Å². The average Bonchev–Trinajstić information content (AvgIpc) is 3.50. The summed E-state index contributed by atoms with van der Waals surface area (Å²) in [6.45, 7) is 13.6. The van der Waals surface area contributed by atoms with Crippen molar-refractivity contribution < 1.29 is 32.2 Å². The fourth-order valence-electron chi connectivity index (χ4n) is 8.08. The molecule has 1 spiro atoms. The van der Waals surface area contributed by atoms with Crippen LogP contribution in [0.1, 0.15) is 102 Å². The molecule has 316 valence electrons. The van der Waals surface area contributed by atoms with E-state index in [0.717, 1.165) is 85.3 Å². The second-order valence-corrected chi connectivity index (χ2v) is 16.4. The maximum absolute atomic E-state index is 14.3. The summed E-state index contributed by atoms with van der Waals surface area (Å²) in [5, 5.41) is 8.98. The minimum atomic E-state index is -4.69. The molecule has 0 aliphatic carbocycles. The number of hydrogen-bond donors (Lipinski definition) is 2. The first kappa shape index (κ1) is 43.9. The molecule has 59 heavy (non-hydrogen) atoms. The van der Waals surface area contributed by atoms with Gasteiger partial charge in [-0.2, -0.15) is 8.42 Å². The average molecular weight is 846 g/mol. The Hall–Kier alpha value is -4.66. The normalized spacial score (nSPS) is 13.8. The molecule has 2 amide bonds. The van der Waals surface area contributed by atoms with Crippen molar-refractivity contribution >= 4 is 45.0 Å². The molecule has 2 aliphatic heterocycles. The minimum absolute atomic E-state index is 0.123. The first-order valence-electron chi connectivity index (χ1n) is 20.6. The van der Waals surface area contributed by atoms with Gasteiger partial charge in [-0.1, -0.05) is 49.2 Å². The van der Waals surface area contributed by atoms with Gasteiger partial charge in [0, 0.05) is 96.5 Å². The van der Waals surface area contributed by atoms with Gasteiger partial charge >= 0.3 is 10.2 Å². The van der Waals surface area contributed by atoms with Crippen molar-refractivity contribution in [1.29, 1.82) is 0 Å². The maximum Gasteiger partial charge on any atom is 0.302 e. The molecule has 0 unspecified atom stereocenters. The Bertz CT molecular complexity index is 2150. The summed E-state index contributed by atoms with van der Waals surface area (Å²) in [4.78, 5) is 32.5. The Balaban J connectivity index is 1.27. The van der Waals surface area contributed by atoms with Crippen LogP contribution in [-0.4, -0.2) is 76.4 Å². The van der Waals surface area contributed by atoms with Crippen molar-refractivity contribution in [3.8, 4) is 11.5 Å². The van der Waals surface area contributed by atoms with Crippen molar-refractivity contribution in [2.24, 2.45) is 5.14 Å². The number of ether oxygens (including phenoxy) is 3. The molecule has 0 bridgehead atoms. The fraction of sp³-hybridized carbons (Fsp3) is 0.422. The number of halogens is 1. The van der Waals surface area contributed by atoms with Crippen LogP contribution in [0.25, 0.3) is 0 Å². The Morgan fingerprint density at radius 1 is 0.746 bits per heavy atom. The quantitative estimate of drug-likeness (QED) is 0.0637. The van der Waals surface area contributed by atoms with E-state index in [9.17, 15) is 18.0 Å². The SMILES string of the molecule is CCN(CC)c1ccc2c(c1)Oc1cc(N(CC)CC)ccc1C21c2cc(C(=O)NCc3ccc(COCCOCCCCCCCl)cc3)ccc2C(=O)N1S(N)(=O)=O. The summed E-state index contributed by atoms with van der Waals surface area (Å²) in [5.41, 5.74) is 3.39. The number of alkyl halides is 1. The van der Waals surface area contributed by atoms with Crippen molar-refractivity contribution in [1.82, 2.24) is 9.62 Å². The Labute approximate surface area is 353 Å². The molecule has 3 N–H and O–H groups in total. The third-order valence-corrected chi connectivity index (χ3v) is 12.3. The summed E-state index contributed by atoms with van der Waals surface area (Å²) >= 11 is 5.72. The zero-order chi connectivity index (χ0) is 42.2. The van der Waals surface area contributed by atoms with E-state index >= 15 is 0 Å². The molecule has 2 heterocycles. The lowest BCUT2D eigenvalue weighted by Crippen LogP contribution is -2.52. The highest BCUT2D eigenvalue weighted by atomic mass is 35.5. The van der Waals surface area contributed by atoms with Gasteiger partial charge in [0.05, 0.1) is 19.8 Å². The molecule has 6 rings (SSSR count). The lowest BCUT2D eigenvalue weighted by Gasteiger charge is -2.43. The molecule has 0 radical (unpaired) electrons. The number of benzene rings is 4.